The molecule has 3 nitrogen and oxygen atoms in total. The molecule has 4 heteroatoms. The molecular weight excluding hydrogens is 320 g/mol. The van der Waals surface area contributed by atoms with E-state index in [1.165, 1.54) is 0 Å². The second-order valence-corrected chi connectivity index (χ2v) is 9.92. The third kappa shape index (κ3) is 2.53. The molecule has 0 amide bonds. The Morgan fingerprint density at radius 3 is 1.33 bits per heavy atom. The minimum atomic E-state index is -1.30. The molecule has 1 aliphatic heterocycles. The Labute approximate surface area is 145 Å². The van der Waals surface area contributed by atoms with Crippen LogP contribution >= 0.6 is 0 Å². The summed E-state index contributed by atoms with van der Waals surface area (Å²) in [5, 5.41) is 20.8. The summed E-state index contributed by atoms with van der Waals surface area (Å²) in [5.41, 5.74) is 2.56. The molecule has 1 aliphatic rings. The molecule has 0 aromatic heterocycles. The quantitative estimate of drug-likeness (QED) is 0.613. The van der Waals surface area contributed by atoms with Crippen LogP contribution in [0.15, 0.2) is 34.1 Å². The van der Waals surface area contributed by atoms with E-state index in [0.29, 0.717) is 9.79 Å². The Morgan fingerprint density at radius 1 is 0.708 bits per heavy atom. The molecule has 0 atom stereocenters. The minimum Gasteiger partial charge on any atom is -0.508 e. The van der Waals surface area contributed by atoms with Crippen LogP contribution in [0.3, 0.4) is 0 Å². The number of hydrogen-bond acceptors (Lipinski definition) is 3. The molecule has 2 aromatic carbocycles. The lowest BCUT2D eigenvalue weighted by Gasteiger charge is -2.21. The average Bonchev–Trinajstić information content (AvgIpc) is 2.67. The Hall–Kier alpha value is -1.81. The van der Waals surface area contributed by atoms with E-state index in [1.54, 1.807) is 12.1 Å². The van der Waals surface area contributed by atoms with Gasteiger partial charge in [-0.3, -0.25) is 0 Å². The molecule has 0 aliphatic carbocycles. The monoisotopic (exact) mass is 344 g/mol. The molecule has 0 spiro atoms. The van der Waals surface area contributed by atoms with Crippen LogP contribution in [-0.4, -0.2) is 14.4 Å². The number of fused-ring (bicyclic) bond motifs is 3. The number of phenolic OH excluding ortho intramolecular Hbond substituents is 2. The first-order chi connectivity index (χ1) is 10.9. The van der Waals surface area contributed by atoms with Gasteiger partial charge in [-0.1, -0.05) is 41.5 Å². The zero-order chi connectivity index (χ0) is 18.0. The van der Waals surface area contributed by atoms with Crippen molar-refractivity contribution in [1.29, 1.82) is 0 Å². The average molecular weight is 344 g/mol. The smallest absolute Gasteiger partial charge is 0.120 e. The van der Waals surface area contributed by atoms with Gasteiger partial charge in [-0.25, -0.2) is 4.21 Å². The fourth-order valence-electron chi connectivity index (χ4n) is 3.18. The highest BCUT2D eigenvalue weighted by Gasteiger charge is 2.32. The molecule has 2 N–H and O–H groups in total. The Bertz CT molecular complexity index is 796. The van der Waals surface area contributed by atoms with Gasteiger partial charge in [0.25, 0.3) is 0 Å². The van der Waals surface area contributed by atoms with E-state index >= 15 is 0 Å². The van der Waals surface area contributed by atoms with Crippen LogP contribution < -0.4 is 0 Å². The van der Waals surface area contributed by atoms with Crippen LogP contribution in [0.1, 0.15) is 52.7 Å². The number of phenols is 2. The zero-order valence-corrected chi connectivity index (χ0v) is 15.8. The van der Waals surface area contributed by atoms with Crippen molar-refractivity contribution >= 4 is 10.8 Å². The van der Waals surface area contributed by atoms with E-state index in [2.05, 4.69) is 0 Å². The molecule has 0 unspecified atom stereocenters. The fourth-order valence-corrected chi connectivity index (χ4v) is 4.61. The van der Waals surface area contributed by atoms with Gasteiger partial charge in [-0.15, -0.1) is 0 Å². The standard InChI is InChI=1S/C20H24O3S/c1-19(2,3)13-9-17-11(7-15(13)21)12-8-16(22)14(20(4,5)6)10-18(12)24(17)23/h7-10,21-22H,1-6H3. The van der Waals surface area contributed by atoms with E-state index in [1.807, 2.05) is 53.7 Å². The molecule has 3 rings (SSSR count). The first-order valence-corrected chi connectivity index (χ1v) is 9.23. The van der Waals surface area contributed by atoms with Crippen molar-refractivity contribution in [3.63, 3.8) is 0 Å². The molecule has 0 radical (unpaired) electrons. The summed E-state index contributed by atoms with van der Waals surface area (Å²) in [7, 11) is -1.30. The maximum Gasteiger partial charge on any atom is 0.120 e. The van der Waals surface area contributed by atoms with E-state index in [-0.39, 0.29) is 22.3 Å². The first kappa shape index (κ1) is 17.0. The first-order valence-electron chi connectivity index (χ1n) is 8.08. The van der Waals surface area contributed by atoms with Crippen molar-refractivity contribution in [3.8, 4) is 22.6 Å². The van der Waals surface area contributed by atoms with Crippen molar-refractivity contribution in [1.82, 2.24) is 0 Å². The molecule has 0 saturated carbocycles. The molecule has 2 aromatic rings. The van der Waals surface area contributed by atoms with Crippen LogP contribution in [0.25, 0.3) is 11.1 Å². The summed E-state index contributed by atoms with van der Waals surface area (Å²) in [6.07, 6.45) is 0. The number of hydrogen-bond donors (Lipinski definition) is 2. The van der Waals surface area contributed by atoms with Crippen LogP contribution in [0.2, 0.25) is 0 Å². The van der Waals surface area contributed by atoms with Crippen molar-refractivity contribution < 1.29 is 14.4 Å². The topological polar surface area (TPSA) is 57.5 Å². The minimum absolute atomic E-state index is 0.200. The van der Waals surface area contributed by atoms with Crippen LogP contribution in [0.4, 0.5) is 0 Å². The molecule has 0 fully saturated rings. The van der Waals surface area contributed by atoms with Crippen LogP contribution in [0, 0.1) is 0 Å². The molecule has 0 saturated heterocycles. The zero-order valence-electron chi connectivity index (χ0n) is 15.0. The maximum absolute atomic E-state index is 13.0. The Kier molecular flexibility index (Phi) is 3.61. The maximum atomic E-state index is 13.0. The van der Waals surface area contributed by atoms with Gasteiger partial charge in [0.05, 0.1) is 20.6 Å². The lowest BCUT2D eigenvalue weighted by molar-refractivity contribution is 0.444. The molecule has 0 bridgehead atoms. The van der Waals surface area contributed by atoms with E-state index in [0.717, 1.165) is 22.3 Å². The van der Waals surface area contributed by atoms with Gasteiger partial charge in [-0.2, -0.15) is 0 Å². The highest BCUT2D eigenvalue weighted by molar-refractivity contribution is 7.85. The summed E-state index contributed by atoms with van der Waals surface area (Å²) in [4.78, 5) is 1.41. The Balaban J connectivity index is 2.26. The largest absolute Gasteiger partial charge is 0.508 e. The second kappa shape index (κ2) is 5.09. The normalized spacial score (nSPS) is 14.6. The number of rotatable bonds is 0. The van der Waals surface area contributed by atoms with Gasteiger partial charge in [0.15, 0.2) is 0 Å². The Morgan fingerprint density at radius 2 is 1.04 bits per heavy atom. The second-order valence-electron chi connectivity index (χ2n) is 8.50. The van der Waals surface area contributed by atoms with Gasteiger partial charge in [0.1, 0.15) is 11.5 Å². The van der Waals surface area contributed by atoms with Gasteiger partial charge in [0.2, 0.25) is 0 Å². The third-order valence-electron chi connectivity index (χ3n) is 4.50. The van der Waals surface area contributed by atoms with E-state index < -0.39 is 10.8 Å². The number of aromatic hydroxyl groups is 2. The van der Waals surface area contributed by atoms with Crippen LogP contribution in [-0.2, 0) is 21.6 Å². The third-order valence-corrected chi connectivity index (χ3v) is 5.98. The van der Waals surface area contributed by atoms with Gasteiger partial charge in [-0.05, 0) is 35.1 Å². The van der Waals surface area contributed by atoms with Crippen LogP contribution in [0.5, 0.6) is 11.5 Å². The summed E-state index contributed by atoms with van der Waals surface area (Å²) < 4.78 is 13.0. The van der Waals surface area contributed by atoms with Crippen molar-refractivity contribution in [2.75, 3.05) is 0 Å². The fraction of sp³-hybridized carbons (Fsp3) is 0.400. The van der Waals surface area contributed by atoms with E-state index in [4.69, 9.17) is 0 Å². The SMILES string of the molecule is CC(C)(C)c1cc2c(cc1O)-c1cc(O)c(C(C)(C)C)cc1S2=O. The van der Waals surface area contributed by atoms with Crippen molar-refractivity contribution in [3.05, 3.63) is 35.4 Å². The van der Waals surface area contributed by atoms with Crippen molar-refractivity contribution in [2.24, 2.45) is 0 Å². The number of benzene rings is 2. The summed E-state index contributed by atoms with van der Waals surface area (Å²) in [5.74, 6) is 0.399. The predicted molar refractivity (Wildman–Crippen MR) is 97.3 cm³/mol. The molecule has 1 heterocycles. The summed E-state index contributed by atoms with van der Waals surface area (Å²) in [6.45, 7) is 12.1. The van der Waals surface area contributed by atoms with Gasteiger partial charge in [0, 0.05) is 22.3 Å². The predicted octanol–water partition coefficient (Wildman–Crippen LogP) is 4.84. The van der Waals surface area contributed by atoms with Crippen molar-refractivity contribution in [2.45, 2.75) is 62.2 Å². The molecule has 128 valence electrons. The highest BCUT2D eigenvalue weighted by Crippen LogP contribution is 2.48. The summed E-state index contributed by atoms with van der Waals surface area (Å²) in [6, 6.07) is 7.04. The molecular formula is C20H24O3S. The summed E-state index contributed by atoms with van der Waals surface area (Å²) >= 11 is 0. The molecule has 24 heavy (non-hydrogen) atoms. The lowest BCUT2D eigenvalue weighted by Crippen LogP contribution is -2.12. The highest BCUT2D eigenvalue weighted by atomic mass is 32.2. The lowest BCUT2D eigenvalue weighted by atomic mass is 9.84. The van der Waals surface area contributed by atoms with Gasteiger partial charge < -0.3 is 10.2 Å². The van der Waals surface area contributed by atoms with E-state index in [9.17, 15) is 14.4 Å². The van der Waals surface area contributed by atoms with Gasteiger partial charge >= 0.3 is 0 Å².